The molecule has 4 nitrogen and oxygen atoms in total. The zero-order valence-electron chi connectivity index (χ0n) is 14.3. The topological polar surface area (TPSA) is 33.9 Å². The van der Waals surface area contributed by atoms with Crippen LogP contribution >= 0.6 is 0 Å². The number of likely N-dealkylation sites (tertiary alicyclic amines) is 1. The van der Waals surface area contributed by atoms with Crippen molar-refractivity contribution in [2.24, 2.45) is 0 Å². The number of hydrogen-bond acceptors (Lipinski definition) is 2. The first kappa shape index (κ1) is 17.5. The molecule has 5 heteroatoms. The molecule has 1 amide bonds. The summed E-state index contributed by atoms with van der Waals surface area (Å²) in [5.74, 6) is 0.433. The van der Waals surface area contributed by atoms with Gasteiger partial charge in [-0.15, -0.1) is 0 Å². The van der Waals surface area contributed by atoms with Crippen molar-refractivity contribution in [2.45, 2.75) is 44.4 Å². The van der Waals surface area contributed by atoms with E-state index in [0.29, 0.717) is 18.2 Å². The zero-order chi connectivity index (χ0) is 16.9. The molecule has 0 N–H and O–H groups in total. The highest BCUT2D eigenvalue weighted by molar-refractivity contribution is 6.76. The highest BCUT2D eigenvalue weighted by atomic mass is 28.3. The second-order valence-electron chi connectivity index (χ2n) is 7.39. The number of carbonyl (C=O) groups is 1. The first-order valence-corrected chi connectivity index (χ1v) is 12.0. The SMILES string of the molecule is [C-]#[N+]c1cccc(C2CCN(C(=O)OCC[Si](C)(C)C)CC2)c1. The van der Waals surface area contributed by atoms with Crippen molar-refractivity contribution < 1.29 is 9.53 Å². The van der Waals surface area contributed by atoms with Gasteiger partial charge < -0.3 is 9.64 Å². The lowest BCUT2D eigenvalue weighted by molar-refractivity contribution is 0.0968. The molecule has 1 saturated heterocycles. The van der Waals surface area contributed by atoms with Crippen LogP contribution < -0.4 is 0 Å². The van der Waals surface area contributed by atoms with E-state index in [9.17, 15) is 4.79 Å². The van der Waals surface area contributed by atoms with Crippen LogP contribution in [-0.4, -0.2) is 38.8 Å². The lowest BCUT2D eigenvalue weighted by Gasteiger charge is -2.32. The monoisotopic (exact) mass is 330 g/mol. The fourth-order valence-corrected chi connectivity index (χ4v) is 3.49. The molecule has 1 aliphatic heterocycles. The van der Waals surface area contributed by atoms with E-state index in [1.807, 2.05) is 23.1 Å². The predicted molar refractivity (Wildman–Crippen MR) is 95.8 cm³/mol. The third-order valence-electron chi connectivity index (χ3n) is 4.30. The van der Waals surface area contributed by atoms with Gasteiger partial charge in [-0.2, -0.15) is 0 Å². The maximum Gasteiger partial charge on any atom is 0.409 e. The minimum Gasteiger partial charge on any atom is -0.450 e. The molecule has 0 aromatic heterocycles. The Bertz CT molecular complexity index is 581. The van der Waals surface area contributed by atoms with E-state index in [0.717, 1.165) is 32.0 Å². The van der Waals surface area contributed by atoms with E-state index < -0.39 is 8.07 Å². The summed E-state index contributed by atoms with van der Waals surface area (Å²) in [6.45, 7) is 16.0. The smallest absolute Gasteiger partial charge is 0.409 e. The van der Waals surface area contributed by atoms with E-state index in [4.69, 9.17) is 11.3 Å². The van der Waals surface area contributed by atoms with Gasteiger partial charge in [0.05, 0.1) is 13.2 Å². The third-order valence-corrected chi connectivity index (χ3v) is 6.01. The van der Waals surface area contributed by atoms with Gasteiger partial charge in [-0.05, 0) is 24.8 Å². The standard InChI is InChI=1S/C18H26N2O2Si/c1-19-17-7-5-6-16(14-17)15-8-10-20(11-9-15)18(21)22-12-13-23(2,3)4/h5-7,14-15H,8-13H2,2-4H3. The van der Waals surface area contributed by atoms with Crippen molar-refractivity contribution in [3.05, 3.63) is 41.2 Å². The Morgan fingerprint density at radius 3 is 2.65 bits per heavy atom. The Balaban J connectivity index is 1.81. The van der Waals surface area contributed by atoms with Crippen LogP contribution in [0.25, 0.3) is 4.85 Å². The van der Waals surface area contributed by atoms with Crippen LogP contribution in [0.3, 0.4) is 0 Å². The summed E-state index contributed by atoms with van der Waals surface area (Å²) in [5, 5.41) is 0. The zero-order valence-corrected chi connectivity index (χ0v) is 15.3. The van der Waals surface area contributed by atoms with E-state index in [1.54, 1.807) is 0 Å². The Hall–Kier alpha value is -1.80. The number of amides is 1. The number of piperidine rings is 1. The minimum atomic E-state index is -1.16. The van der Waals surface area contributed by atoms with Gasteiger partial charge in [0.2, 0.25) is 0 Å². The largest absolute Gasteiger partial charge is 0.450 e. The molecule has 1 fully saturated rings. The van der Waals surface area contributed by atoms with Crippen molar-refractivity contribution in [1.29, 1.82) is 0 Å². The molecule has 23 heavy (non-hydrogen) atoms. The van der Waals surface area contributed by atoms with Crippen LogP contribution in [0.2, 0.25) is 25.7 Å². The van der Waals surface area contributed by atoms with Crippen molar-refractivity contribution in [1.82, 2.24) is 4.90 Å². The molecule has 124 valence electrons. The van der Waals surface area contributed by atoms with Crippen LogP contribution in [0.5, 0.6) is 0 Å². The number of carbonyl (C=O) groups excluding carboxylic acids is 1. The molecule has 0 bridgehead atoms. The number of rotatable bonds is 4. The molecule has 0 saturated carbocycles. The summed E-state index contributed by atoms with van der Waals surface area (Å²) >= 11 is 0. The van der Waals surface area contributed by atoms with Gasteiger partial charge in [0, 0.05) is 21.2 Å². The van der Waals surface area contributed by atoms with Gasteiger partial charge in [0.25, 0.3) is 0 Å². The Labute approximate surface area is 140 Å². The number of nitrogens with zero attached hydrogens (tertiary/aromatic N) is 2. The molecule has 0 atom stereocenters. The lowest BCUT2D eigenvalue weighted by atomic mass is 9.89. The molecule has 1 aromatic carbocycles. The van der Waals surface area contributed by atoms with Gasteiger partial charge in [0.1, 0.15) is 0 Å². The fourth-order valence-electron chi connectivity index (χ4n) is 2.78. The van der Waals surface area contributed by atoms with Crippen molar-refractivity contribution in [3.63, 3.8) is 0 Å². The van der Waals surface area contributed by atoms with E-state index in [-0.39, 0.29) is 6.09 Å². The molecule has 1 aliphatic rings. The molecule has 0 radical (unpaired) electrons. The molecule has 1 heterocycles. The summed E-state index contributed by atoms with van der Waals surface area (Å²) in [6, 6.07) is 8.85. The number of ether oxygens (including phenoxy) is 1. The first-order chi connectivity index (χ1) is 10.9. The van der Waals surface area contributed by atoms with E-state index in [2.05, 4.69) is 30.6 Å². The van der Waals surface area contributed by atoms with Crippen LogP contribution in [-0.2, 0) is 4.74 Å². The summed E-state index contributed by atoms with van der Waals surface area (Å²) in [5.41, 5.74) is 1.90. The molecule has 2 rings (SSSR count). The predicted octanol–water partition coefficient (Wildman–Crippen LogP) is 4.89. The highest BCUT2D eigenvalue weighted by Crippen LogP contribution is 2.30. The quantitative estimate of drug-likeness (QED) is 0.582. The van der Waals surface area contributed by atoms with Gasteiger partial charge >= 0.3 is 6.09 Å². The normalized spacial score (nSPS) is 16.0. The van der Waals surface area contributed by atoms with Crippen LogP contribution in [0.4, 0.5) is 10.5 Å². The molecular weight excluding hydrogens is 304 g/mol. The van der Waals surface area contributed by atoms with Crippen LogP contribution in [0.15, 0.2) is 24.3 Å². The first-order valence-electron chi connectivity index (χ1n) is 8.28. The molecule has 0 aliphatic carbocycles. The Morgan fingerprint density at radius 1 is 1.35 bits per heavy atom. The van der Waals surface area contributed by atoms with Crippen LogP contribution in [0.1, 0.15) is 24.3 Å². The summed E-state index contributed by atoms with van der Waals surface area (Å²) in [6.07, 6.45) is 1.70. The number of benzene rings is 1. The van der Waals surface area contributed by atoms with Crippen molar-refractivity contribution in [3.8, 4) is 0 Å². The minimum absolute atomic E-state index is 0.170. The average Bonchev–Trinajstić information content (AvgIpc) is 2.54. The van der Waals surface area contributed by atoms with Gasteiger partial charge in [-0.25, -0.2) is 9.64 Å². The number of hydrogen-bond donors (Lipinski definition) is 0. The van der Waals surface area contributed by atoms with E-state index in [1.165, 1.54) is 5.56 Å². The molecule has 0 unspecified atom stereocenters. The molecular formula is C18H26N2O2Si. The van der Waals surface area contributed by atoms with Crippen molar-refractivity contribution >= 4 is 19.9 Å². The molecule has 0 spiro atoms. The lowest BCUT2D eigenvalue weighted by Crippen LogP contribution is -2.38. The second-order valence-corrected chi connectivity index (χ2v) is 13.0. The third kappa shape index (κ3) is 5.40. The maximum absolute atomic E-state index is 12.1. The highest BCUT2D eigenvalue weighted by Gasteiger charge is 2.25. The fraction of sp³-hybridized carbons (Fsp3) is 0.556. The maximum atomic E-state index is 12.1. The summed E-state index contributed by atoms with van der Waals surface area (Å²) in [7, 11) is -1.16. The van der Waals surface area contributed by atoms with Crippen LogP contribution in [0, 0.1) is 6.57 Å². The van der Waals surface area contributed by atoms with Gasteiger partial charge in [-0.3, -0.25) is 0 Å². The van der Waals surface area contributed by atoms with Crippen molar-refractivity contribution in [2.75, 3.05) is 19.7 Å². The summed E-state index contributed by atoms with van der Waals surface area (Å²) in [4.78, 5) is 17.4. The van der Waals surface area contributed by atoms with E-state index >= 15 is 0 Å². The second kappa shape index (κ2) is 7.65. The molecule has 1 aromatic rings. The van der Waals surface area contributed by atoms with Gasteiger partial charge in [-0.1, -0.05) is 49.5 Å². The Morgan fingerprint density at radius 2 is 2.04 bits per heavy atom. The average molecular weight is 331 g/mol. The summed E-state index contributed by atoms with van der Waals surface area (Å²) < 4.78 is 5.42. The van der Waals surface area contributed by atoms with Gasteiger partial charge in [0.15, 0.2) is 5.69 Å². The Kier molecular flexibility index (Phi) is 5.84.